The number of carbonyl (C=O) groups is 1. The van der Waals surface area contributed by atoms with Crippen molar-refractivity contribution in [1.29, 1.82) is 0 Å². The average Bonchev–Trinajstić information content (AvgIpc) is 3.22. The predicted molar refractivity (Wildman–Crippen MR) is 82.1 cm³/mol. The minimum atomic E-state index is -0.231. The Bertz CT molecular complexity index is 601. The summed E-state index contributed by atoms with van der Waals surface area (Å²) in [5.41, 5.74) is 1.65. The molecule has 0 spiro atoms. The Morgan fingerprint density at radius 2 is 1.91 bits per heavy atom. The van der Waals surface area contributed by atoms with Crippen LogP contribution in [0.4, 0.5) is 4.39 Å². The van der Waals surface area contributed by atoms with Crippen LogP contribution in [0.3, 0.4) is 0 Å². The molecule has 0 bridgehead atoms. The number of carbonyl (C=O) groups excluding carboxylic acids is 1. The quantitative estimate of drug-likeness (QED) is 0.835. The van der Waals surface area contributed by atoms with Crippen LogP contribution in [0.15, 0.2) is 47.3 Å². The van der Waals surface area contributed by atoms with Gasteiger partial charge in [0.25, 0.3) is 5.91 Å². The summed E-state index contributed by atoms with van der Waals surface area (Å²) >= 11 is 0. The maximum atomic E-state index is 13.0. The van der Waals surface area contributed by atoms with E-state index in [4.69, 9.17) is 4.42 Å². The number of benzene rings is 1. The lowest BCUT2D eigenvalue weighted by Crippen LogP contribution is -2.40. The third-order valence-electron chi connectivity index (χ3n) is 4.35. The van der Waals surface area contributed by atoms with Gasteiger partial charge in [-0.1, -0.05) is 25.0 Å². The molecule has 116 valence electrons. The van der Waals surface area contributed by atoms with Crippen molar-refractivity contribution in [3.63, 3.8) is 0 Å². The van der Waals surface area contributed by atoms with Gasteiger partial charge in [-0.25, -0.2) is 4.39 Å². The Morgan fingerprint density at radius 3 is 2.55 bits per heavy atom. The summed E-state index contributed by atoms with van der Waals surface area (Å²) < 4.78 is 18.0. The molecule has 1 aromatic heterocycles. The third kappa shape index (κ3) is 3.38. The maximum absolute atomic E-state index is 13.0. The number of hydrogen-bond donors (Lipinski definition) is 0. The van der Waals surface area contributed by atoms with E-state index in [1.165, 1.54) is 37.5 Å². The highest BCUT2D eigenvalue weighted by Gasteiger charge is 2.27. The molecular weight excluding hydrogens is 281 g/mol. The lowest BCUT2D eigenvalue weighted by molar-refractivity contribution is 0.0683. The Labute approximate surface area is 129 Å². The van der Waals surface area contributed by atoms with Crippen LogP contribution in [0.2, 0.25) is 0 Å². The van der Waals surface area contributed by atoms with Crippen LogP contribution in [0, 0.1) is 5.82 Å². The molecule has 0 N–H and O–H groups in total. The molecule has 1 fully saturated rings. The molecule has 3 nitrogen and oxygen atoms in total. The molecule has 1 aliphatic carbocycles. The fraction of sp³-hybridized carbons (Fsp3) is 0.389. The zero-order chi connectivity index (χ0) is 15.4. The molecule has 0 radical (unpaired) electrons. The Hall–Kier alpha value is -2.10. The lowest BCUT2D eigenvalue weighted by atomic mass is 10.1. The zero-order valence-electron chi connectivity index (χ0n) is 12.5. The first-order valence-electron chi connectivity index (χ1n) is 7.81. The van der Waals surface area contributed by atoms with Crippen molar-refractivity contribution in [2.45, 2.75) is 38.1 Å². The van der Waals surface area contributed by atoms with Crippen LogP contribution in [0.1, 0.15) is 41.6 Å². The molecule has 0 unspecified atom stereocenters. The molecule has 1 amide bonds. The molecule has 1 saturated carbocycles. The molecule has 0 atom stereocenters. The van der Waals surface area contributed by atoms with E-state index in [-0.39, 0.29) is 11.7 Å². The minimum absolute atomic E-state index is 0.0303. The largest absolute Gasteiger partial charge is 0.472 e. The topological polar surface area (TPSA) is 33.5 Å². The van der Waals surface area contributed by atoms with Gasteiger partial charge < -0.3 is 9.32 Å². The summed E-state index contributed by atoms with van der Waals surface area (Å²) in [6, 6.07) is 8.51. The fourth-order valence-electron chi connectivity index (χ4n) is 3.12. The molecule has 0 aliphatic heterocycles. The number of halogens is 1. The van der Waals surface area contributed by atoms with Crippen molar-refractivity contribution in [3.05, 3.63) is 59.8 Å². The van der Waals surface area contributed by atoms with Gasteiger partial charge in [0.2, 0.25) is 0 Å². The van der Waals surface area contributed by atoms with E-state index in [2.05, 4.69) is 0 Å². The first kappa shape index (κ1) is 14.8. The summed E-state index contributed by atoms with van der Waals surface area (Å²) in [4.78, 5) is 14.6. The van der Waals surface area contributed by atoms with Gasteiger partial charge in [-0.05, 0) is 43.0 Å². The highest BCUT2D eigenvalue weighted by molar-refractivity contribution is 5.94. The number of hydrogen-bond acceptors (Lipinski definition) is 2. The molecule has 4 heteroatoms. The van der Waals surface area contributed by atoms with Gasteiger partial charge >= 0.3 is 0 Å². The average molecular weight is 301 g/mol. The number of rotatable bonds is 5. The van der Waals surface area contributed by atoms with Gasteiger partial charge in [-0.15, -0.1) is 0 Å². The van der Waals surface area contributed by atoms with Crippen molar-refractivity contribution in [2.24, 2.45) is 0 Å². The van der Waals surface area contributed by atoms with Crippen LogP contribution >= 0.6 is 0 Å². The molecule has 3 rings (SSSR count). The van der Waals surface area contributed by atoms with Crippen molar-refractivity contribution in [1.82, 2.24) is 4.90 Å². The zero-order valence-corrected chi connectivity index (χ0v) is 12.5. The molecular formula is C18H20FNO2. The van der Waals surface area contributed by atoms with E-state index in [1.807, 2.05) is 4.90 Å². The van der Waals surface area contributed by atoms with Crippen molar-refractivity contribution >= 4 is 5.91 Å². The second-order valence-corrected chi connectivity index (χ2v) is 5.83. The SMILES string of the molecule is O=C(c1ccoc1)N(CCc1ccc(F)cc1)C1CCCC1. The van der Waals surface area contributed by atoms with Crippen LogP contribution in [0.5, 0.6) is 0 Å². The molecule has 0 saturated heterocycles. The van der Waals surface area contributed by atoms with Gasteiger partial charge in [0.1, 0.15) is 12.1 Å². The Balaban J connectivity index is 1.71. The highest BCUT2D eigenvalue weighted by atomic mass is 19.1. The molecule has 1 aromatic carbocycles. The Kier molecular flexibility index (Phi) is 4.56. The standard InChI is InChI=1S/C18H20FNO2/c19-16-7-5-14(6-8-16)9-11-20(17-3-1-2-4-17)18(21)15-10-12-22-13-15/h5-8,10,12-13,17H,1-4,9,11H2. The fourth-order valence-corrected chi connectivity index (χ4v) is 3.12. The molecule has 1 aliphatic rings. The highest BCUT2D eigenvalue weighted by Crippen LogP contribution is 2.25. The van der Waals surface area contributed by atoms with E-state index >= 15 is 0 Å². The van der Waals surface area contributed by atoms with Crippen molar-refractivity contribution < 1.29 is 13.6 Å². The molecule has 1 heterocycles. The monoisotopic (exact) mass is 301 g/mol. The summed E-state index contributed by atoms with van der Waals surface area (Å²) in [5.74, 6) is -0.200. The molecule has 22 heavy (non-hydrogen) atoms. The summed E-state index contributed by atoms with van der Waals surface area (Å²) in [5, 5.41) is 0. The summed E-state index contributed by atoms with van der Waals surface area (Å²) in [6.45, 7) is 0.653. The number of nitrogens with zero attached hydrogens (tertiary/aromatic N) is 1. The normalized spacial score (nSPS) is 15.1. The smallest absolute Gasteiger partial charge is 0.257 e. The summed E-state index contributed by atoms with van der Waals surface area (Å²) in [6.07, 6.45) is 8.25. The van der Waals surface area contributed by atoms with E-state index in [0.717, 1.165) is 24.8 Å². The lowest BCUT2D eigenvalue weighted by Gasteiger charge is -2.28. The van der Waals surface area contributed by atoms with Gasteiger partial charge in [-0.3, -0.25) is 4.79 Å². The van der Waals surface area contributed by atoms with E-state index in [0.29, 0.717) is 18.2 Å². The van der Waals surface area contributed by atoms with Crippen LogP contribution < -0.4 is 0 Å². The van der Waals surface area contributed by atoms with Crippen LogP contribution in [0.25, 0.3) is 0 Å². The van der Waals surface area contributed by atoms with E-state index in [9.17, 15) is 9.18 Å². The second-order valence-electron chi connectivity index (χ2n) is 5.83. The third-order valence-corrected chi connectivity index (χ3v) is 4.35. The first-order valence-corrected chi connectivity index (χ1v) is 7.81. The number of amides is 1. The van der Waals surface area contributed by atoms with Crippen LogP contribution in [-0.2, 0) is 6.42 Å². The van der Waals surface area contributed by atoms with E-state index in [1.54, 1.807) is 18.2 Å². The predicted octanol–water partition coefficient (Wildman–Crippen LogP) is 4.05. The first-order chi connectivity index (χ1) is 10.7. The minimum Gasteiger partial charge on any atom is -0.472 e. The van der Waals surface area contributed by atoms with Gasteiger partial charge in [0.05, 0.1) is 11.8 Å². The second kappa shape index (κ2) is 6.77. The van der Waals surface area contributed by atoms with E-state index < -0.39 is 0 Å². The molecule has 2 aromatic rings. The van der Waals surface area contributed by atoms with Gasteiger partial charge in [0.15, 0.2) is 0 Å². The Morgan fingerprint density at radius 1 is 1.18 bits per heavy atom. The van der Waals surface area contributed by atoms with Gasteiger partial charge in [-0.2, -0.15) is 0 Å². The van der Waals surface area contributed by atoms with Crippen molar-refractivity contribution in [2.75, 3.05) is 6.54 Å². The maximum Gasteiger partial charge on any atom is 0.257 e. The van der Waals surface area contributed by atoms with Gasteiger partial charge in [0, 0.05) is 12.6 Å². The van der Waals surface area contributed by atoms with Crippen LogP contribution in [-0.4, -0.2) is 23.4 Å². The summed E-state index contributed by atoms with van der Waals surface area (Å²) in [7, 11) is 0. The van der Waals surface area contributed by atoms with Crippen molar-refractivity contribution in [3.8, 4) is 0 Å². The number of furan rings is 1.